The standard InChI is InChI=1S/C15H20N2O4/c1-20-10-9-16-15(19)11-17-14(18)8-7-12-5-3-4-6-13(12)21-2/h3-8H,9-11H2,1-2H3,(H,16,19)(H,17,18)/b8-7+. The fourth-order valence-electron chi connectivity index (χ4n) is 1.55. The van der Waals surface area contributed by atoms with Gasteiger partial charge in [-0.3, -0.25) is 9.59 Å². The number of carbonyl (C=O) groups is 2. The molecule has 0 aliphatic rings. The van der Waals surface area contributed by atoms with E-state index in [0.717, 1.165) is 5.56 Å². The van der Waals surface area contributed by atoms with Crippen molar-refractivity contribution in [1.29, 1.82) is 0 Å². The largest absolute Gasteiger partial charge is 0.496 e. The highest BCUT2D eigenvalue weighted by molar-refractivity contribution is 5.94. The van der Waals surface area contributed by atoms with Crippen molar-refractivity contribution >= 4 is 17.9 Å². The number of hydrogen-bond acceptors (Lipinski definition) is 4. The van der Waals surface area contributed by atoms with Crippen molar-refractivity contribution in [1.82, 2.24) is 10.6 Å². The number of carbonyl (C=O) groups excluding carboxylic acids is 2. The molecule has 0 atom stereocenters. The predicted molar refractivity (Wildman–Crippen MR) is 79.9 cm³/mol. The maximum atomic E-state index is 11.6. The first-order valence-corrected chi connectivity index (χ1v) is 6.52. The molecule has 1 aromatic carbocycles. The average molecular weight is 292 g/mol. The van der Waals surface area contributed by atoms with Gasteiger partial charge in [-0.1, -0.05) is 18.2 Å². The van der Waals surface area contributed by atoms with Crippen LogP contribution in [0.3, 0.4) is 0 Å². The third-order valence-electron chi connectivity index (χ3n) is 2.60. The molecule has 0 saturated heterocycles. The molecule has 0 unspecified atom stereocenters. The van der Waals surface area contributed by atoms with E-state index in [-0.39, 0.29) is 18.4 Å². The molecule has 0 heterocycles. The van der Waals surface area contributed by atoms with Crippen LogP contribution in [0.25, 0.3) is 6.08 Å². The summed E-state index contributed by atoms with van der Waals surface area (Å²) in [5.74, 6) is 0.0766. The molecule has 2 N–H and O–H groups in total. The molecule has 114 valence electrons. The Morgan fingerprint density at radius 2 is 1.95 bits per heavy atom. The second-order valence-electron chi connectivity index (χ2n) is 4.14. The lowest BCUT2D eigenvalue weighted by atomic mass is 10.2. The zero-order valence-electron chi connectivity index (χ0n) is 12.2. The maximum absolute atomic E-state index is 11.6. The van der Waals surface area contributed by atoms with Crippen LogP contribution in [0.1, 0.15) is 5.56 Å². The van der Waals surface area contributed by atoms with Gasteiger partial charge in [0.2, 0.25) is 11.8 Å². The third-order valence-corrected chi connectivity index (χ3v) is 2.60. The van der Waals surface area contributed by atoms with Gasteiger partial charge in [-0.15, -0.1) is 0 Å². The van der Waals surface area contributed by atoms with Crippen LogP contribution in [0.15, 0.2) is 30.3 Å². The molecule has 1 aromatic rings. The van der Waals surface area contributed by atoms with E-state index in [1.165, 1.54) is 6.08 Å². The molecule has 0 aliphatic carbocycles. The maximum Gasteiger partial charge on any atom is 0.244 e. The number of rotatable bonds is 8. The smallest absolute Gasteiger partial charge is 0.244 e. The Hall–Kier alpha value is -2.34. The van der Waals surface area contributed by atoms with E-state index in [4.69, 9.17) is 9.47 Å². The van der Waals surface area contributed by atoms with Crippen molar-refractivity contribution in [3.63, 3.8) is 0 Å². The van der Waals surface area contributed by atoms with Crippen LogP contribution < -0.4 is 15.4 Å². The SMILES string of the molecule is COCCNC(=O)CNC(=O)/C=C/c1ccccc1OC. The minimum Gasteiger partial charge on any atom is -0.496 e. The van der Waals surface area contributed by atoms with Gasteiger partial charge >= 0.3 is 0 Å². The zero-order valence-corrected chi connectivity index (χ0v) is 12.2. The van der Waals surface area contributed by atoms with E-state index in [1.54, 1.807) is 26.4 Å². The van der Waals surface area contributed by atoms with Crippen molar-refractivity contribution < 1.29 is 19.1 Å². The van der Waals surface area contributed by atoms with Crippen LogP contribution in [0.4, 0.5) is 0 Å². The van der Waals surface area contributed by atoms with E-state index in [0.29, 0.717) is 18.9 Å². The van der Waals surface area contributed by atoms with E-state index >= 15 is 0 Å². The van der Waals surface area contributed by atoms with Gasteiger partial charge in [0, 0.05) is 25.3 Å². The second-order valence-corrected chi connectivity index (χ2v) is 4.14. The summed E-state index contributed by atoms with van der Waals surface area (Å²) >= 11 is 0. The van der Waals surface area contributed by atoms with Gasteiger partial charge in [0.05, 0.1) is 20.3 Å². The van der Waals surface area contributed by atoms with Crippen LogP contribution in [0.5, 0.6) is 5.75 Å². The number of nitrogens with one attached hydrogen (secondary N) is 2. The molecule has 0 saturated carbocycles. The summed E-state index contributed by atoms with van der Waals surface area (Å²) in [6.45, 7) is 0.786. The van der Waals surface area contributed by atoms with Gasteiger partial charge in [0.1, 0.15) is 5.75 Å². The van der Waals surface area contributed by atoms with Crippen LogP contribution in [-0.4, -0.2) is 45.7 Å². The normalized spacial score (nSPS) is 10.4. The molecule has 1 rings (SSSR count). The van der Waals surface area contributed by atoms with Crippen molar-refractivity contribution in [2.24, 2.45) is 0 Å². The molecule has 0 aromatic heterocycles. The van der Waals surface area contributed by atoms with Gasteiger partial charge in [-0.05, 0) is 12.1 Å². The third kappa shape index (κ3) is 6.58. The number of benzene rings is 1. The van der Waals surface area contributed by atoms with Crippen LogP contribution >= 0.6 is 0 Å². The molecule has 0 aliphatic heterocycles. The van der Waals surface area contributed by atoms with Crippen molar-refractivity contribution in [3.8, 4) is 5.75 Å². The van der Waals surface area contributed by atoms with Crippen LogP contribution in [0, 0.1) is 0 Å². The Morgan fingerprint density at radius 3 is 2.67 bits per heavy atom. The molecule has 21 heavy (non-hydrogen) atoms. The summed E-state index contributed by atoms with van der Waals surface area (Å²) in [6, 6.07) is 7.34. The fraction of sp³-hybridized carbons (Fsp3) is 0.333. The first-order chi connectivity index (χ1) is 10.2. The van der Waals surface area contributed by atoms with Gasteiger partial charge in [0.25, 0.3) is 0 Å². The molecule has 0 spiro atoms. The van der Waals surface area contributed by atoms with Gasteiger partial charge in [0.15, 0.2) is 0 Å². The number of amides is 2. The number of methoxy groups -OCH3 is 2. The highest BCUT2D eigenvalue weighted by Crippen LogP contribution is 2.18. The Balaban J connectivity index is 2.39. The van der Waals surface area contributed by atoms with Gasteiger partial charge < -0.3 is 20.1 Å². The Kier molecular flexibility index (Phi) is 7.60. The Morgan fingerprint density at radius 1 is 1.19 bits per heavy atom. The Bertz CT molecular complexity index is 500. The lowest BCUT2D eigenvalue weighted by Gasteiger charge is -2.05. The van der Waals surface area contributed by atoms with Crippen LogP contribution in [0.2, 0.25) is 0 Å². The molecular formula is C15H20N2O4. The van der Waals surface area contributed by atoms with Crippen LogP contribution in [-0.2, 0) is 14.3 Å². The molecule has 0 radical (unpaired) electrons. The second kappa shape index (κ2) is 9.55. The summed E-state index contributed by atoms with van der Waals surface area (Å²) in [6.07, 6.45) is 3.00. The molecule has 0 bridgehead atoms. The quantitative estimate of drug-likeness (QED) is 0.543. The van der Waals surface area contributed by atoms with E-state index < -0.39 is 0 Å². The Labute approximate surface area is 124 Å². The molecule has 0 fully saturated rings. The summed E-state index contributed by atoms with van der Waals surface area (Å²) in [5, 5.41) is 5.11. The summed E-state index contributed by atoms with van der Waals surface area (Å²) < 4.78 is 9.97. The minimum atomic E-state index is -0.345. The lowest BCUT2D eigenvalue weighted by Crippen LogP contribution is -2.37. The lowest BCUT2D eigenvalue weighted by molar-refractivity contribution is -0.124. The molecule has 6 heteroatoms. The van der Waals surface area contributed by atoms with Gasteiger partial charge in [-0.2, -0.15) is 0 Å². The first kappa shape index (κ1) is 16.7. The number of para-hydroxylation sites is 1. The monoisotopic (exact) mass is 292 g/mol. The average Bonchev–Trinajstić information content (AvgIpc) is 2.51. The highest BCUT2D eigenvalue weighted by atomic mass is 16.5. The molecule has 6 nitrogen and oxygen atoms in total. The number of hydrogen-bond donors (Lipinski definition) is 2. The molecular weight excluding hydrogens is 272 g/mol. The zero-order chi connectivity index (χ0) is 15.5. The summed E-state index contributed by atoms with van der Waals surface area (Å²) in [4.78, 5) is 23.0. The van der Waals surface area contributed by atoms with Gasteiger partial charge in [-0.25, -0.2) is 0 Å². The highest BCUT2D eigenvalue weighted by Gasteiger charge is 2.03. The predicted octanol–water partition coefficient (Wildman–Crippen LogP) is 0.587. The number of ether oxygens (including phenoxy) is 2. The topological polar surface area (TPSA) is 76.7 Å². The van der Waals surface area contributed by atoms with E-state index in [1.807, 2.05) is 18.2 Å². The van der Waals surface area contributed by atoms with E-state index in [2.05, 4.69) is 10.6 Å². The minimum absolute atomic E-state index is 0.0706. The van der Waals surface area contributed by atoms with Crippen molar-refractivity contribution in [2.75, 3.05) is 33.9 Å². The fourth-order valence-corrected chi connectivity index (χ4v) is 1.55. The summed E-state index contributed by atoms with van der Waals surface area (Å²) in [7, 11) is 3.12. The van der Waals surface area contributed by atoms with Crippen molar-refractivity contribution in [2.45, 2.75) is 0 Å². The summed E-state index contributed by atoms with van der Waals surface area (Å²) in [5.41, 5.74) is 0.791. The van der Waals surface area contributed by atoms with E-state index in [9.17, 15) is 9.59 Å². The first-order valence-electron chi connectivity index (χ1n) is 6.52. The molecule has 2 amide bonds. The van der Waals surface area contributed by atoms with Crippen molar-refractivity contribution in [3.05, 3.63) is 35.9 Å².